The summed E-state index contributed by atoms with van der Waals surface area (Å²) in [6.07, 6.45) is 1.63. The van der Waals surface area contributed by atoms with E-state index in [9.17, 15) is 10.4 Å². The van der Waals surface area contributed by atoms with Crippen molar-refractivity contribution in [2.45, 2.75) is 31.3 Å². The molecule has 2 aliphatic rings. The Labute approximate surface area is 128 Å². The molecule has 0 unspecified atom stereocenters. The highest BCUT2D eigenvalue weighted by Crippen LogP contribution is 2.44. The van der Waals surface area contributed by atoms with E-state index in [1.807, 2.05) is 18.2 Å². The fourth-order valence-electron chi connectivity index (χ4n) is 3.04. The van der Waals surface area contributed by atoms with Crippen LogP contribution in [0.2, 0.25) is 5.02 Å². The normalized spacial score (nSPS) is 25.2. The maximum Gasteiger partial charge on any atom is 0.205 e. The molecule has 4 nitrogen and oxygen atoms in total. The van der Waals surface area contributed by atoms with Crippen molar-refractivity contribution in [3.8, 4) is 6.07 Å². The molecule has 1 aromatic rings. The molecule has 1 aromatic carbocycles. The Morgan fingerprint density at radius 1 is 1.43 bits per heavy atom. The Kier molecular flexibility index (Phi) is 3.62. The SMILES string of the molecule is N#CC1=C(N)OC2=C(CCC[C@H]2O)[C@@H]1c1cccc(Cl)c1. The Bertz CT molecular complexity index is 688. The van der Waals surface area contributed by atoms with Crippen molar-refractivity contribution in [3.63, 3.8) is 0 Å². The van der Waals surface area contributed by atoms with Gasteiger partial charge in [-0.2, -0.15) is 5.26 Å². The number of nitriles is 1. The van der Waals surface area contributed by atoms with Crippen molar-refractivity contribution >= 4 is 11.6 Å². The highest BCUT2D eigenvalue weighted by atomic mass is 35.5. The van der Waals surface area contributed by atoms with Gasteiger partial charge in [-0.05, 0) is 42.5 Å². The van der Waals surface area contributed by atoms with Crippen LogP contribution in [0.15, 0.2) is 47.1 Å². The van der Waals surface area contributed by atoms with Crippen molar-refractivity contribution in [1.29, 1.82) is 5.26 Å². The third-order valence-corrected chi connectivity index (χ3v) is 4.20. The van der Waals surface area contributed by atoms with Crippen LogP contribution in [-0.4, -0.2) is 11.2 Å². The fourth-order valence-corrected chi connectivity index (χ4v) is 3.24. The standard InChI is InChI=1S/C16H15ClN2O2/c17-10-4-1-3-9(7-10)14-11-5-2-6-13(20)15(11)21-16(19)12(14)8-18/h1,3-4,7,13-14,20H,2,5-6,19H2/t13-,14+/m1/s1. The van der Waals surface area contributed by atoms with E-state index in [4.69, 9.17) is 22.1 Å². The Morgan fingerprint density at radius 2 is 2.24 bits per heavy atom. The van der Waals surface area contributed by atoms with Gasteiger partial charge in [-0.15, -0.1) is 0 Å². The first-order valence-corrected chi connectivity index (χ1v) is 7.23. The minimum Gasteiger partial charge on any atom is -0.442 e. The number of benzene rings is 1. The van der Waals surface area contributed by atoms with Crippen LogP contribution in [0.4, 0.5) is 0 Å². The van der Waals surface area contributed by atoms with Crippen molar-refractivity contribution < 1.29 is 9.84 Å². The number of nitrogens with two attached hydrogens (primary N) is 1. The highest BCUT2D eigenvalue weighted by Gasteiger charge is 2.36. The molecule has 2 atom stereocenters. The number of rotatable bonds is 1. The minimum atomic E-state index is -0.658. The van der Waals surface area contributed by atoms with Gasteiger partial charge in [0.15, 0.2) is 0 Å². The molecule has 3 rings (SSSR count). The second kappa shape index (κ2) is 5.44. The first kappa shape index (κ1) is 14.0. The molecule has 1 aliphatic heterocycles. The predicted octanol–water partition coefficient (Wildman–Crippen LogP) is 2.95. The number of ether oxygens (including phenoxy) is 1. The Hall–Kier alpha value is -1.96. The molecule has 0 aromatic heterocycles. The number of nitrogens with zero attached hydrogens (tertiary/aromatic N) is 1. The number of aliphatic hydroxyl groups excluding tert-OH is 1. The van der Waals surface area contributed by atoms with E-state index in [0.29, 0.717) is 22.8 Å². The van der Waals surface area contributed by atoms with Crippen LogP contribution in [0, 0.1) is 11.3 Å². The van der Waals surface area contributed by atoms with E-state index in [2.05, 4.69) is 6.07 Å². The Balaban J connectivity index is 2.16. The average molecular weight is 303 g/mol. The largest absolute Gasteiger partial charge is 0.442 e. The fraction of sp³-hybridized carbons (Fsp3) is 0.312. The van der Waals surface area contributed by atoms with Crippen LogP contribution in [0.1, 0.15) is 30.7 Å². The molecule has 0 fully saturated rings. The predicted molar refractivity (Wildman–Crippen MR) is 79.0 cm³/mol. The summed E-state index contributed by atoms with van der Waals surface area (Å²) in [6, 6.07) is 9.51. The van der Waals surface area contributed by atoms with E-state index < -0.39 is 6.10 Å². The summed E-state index contributed by atoms with van der Waals surface area (Å²) in [4.78, 5) is 0. The second-order valence-corrected chi connectivity index (χ2v) is 5.71. The molecule has 0 radical (unpaired) electrons. The summed E-state index contributed by atoms with van der Waals surface area (Å²) in [7, 11) is 0. The van der Waals surface area contributed by atoms with E-state index in [0.717, 1.165) is 24.0 Å². The lowest BCUT2D eigenvalue weighted by Gasteiger charge is -2.34. The molecule has 0 bridgehead atoms. The maximum absolute atomic E-state index is 10.1. The summed E-state index contributed by atoms with van der Waals surface area (Å²) in [6.45, 7) is 0. The molecule has 5 heteroatoms. The zero-order valence-electron chi connectivity index (χ0n) is 11.3. The lowest BCUT2D eigenvalue weighted by Crippen LogP contribution is -2.29. The third-order valence-electron chi connectivity index (χ3n) is 3.97. The molecule has 1 aliphatic carbocycles. The van der Waals surface area contributed by atoms with E-state index in [1.54, 1.807) is 6.07 Å². The van der Waals surface area contributed by atoms with Crippen molar-refractivity contribution in [2.24, 2.45) is 5.73 Å². The molecule has 0 spiro atoms. The molecule has 0 saturated heterocycles. The number of allylic oxidation sites excluding steroid dienone is 2. The van der Waals surface area contributed by atoms with Crippen LogP contribution in [-0.2, 0) is 4.74 Å². The van der Waals surface area contributed by atoms with Gasteiger partial charge in [-0.25, -0.2) is 0 Å². The first-order chi connectivity index (χ1) is 10.1. The van der Waals surface area contributed by atoms with Gasteiger partial charge in [0.25, 0.3) is 0 Å². The molecular formula is C16H15ClN2O2. The summed E-state index contributed by atoms with van der Waals surface area (Å²) >= 11 is 6.07. The number of aliphatic hydroxyl groups is 1. The molecular weight excluding hydrogens is 288 g/mol. The van der Waals surface area contributed by atoms with Gasteiger partial charge >= 0.3 is 0 Å². The summed E-state index contributed by atoms with van der Waals surface area (Å²) < 4.78 is 5.52. The molecule has 0 amide bonds. The second-order valence-electron chi connectivity index (χ2n) is 5.28. The van der Waals surface area contributed by atoms with E-state index >= 15 is 0 Å². The monoisotopic (exact) mass is 302 g/mol. The zero-order valence-corrected chi connectivity index (χ0v) is 12.1. The van der Waals surface area contributed by atoms with Gasteiger partial charge in [0.05, 0.1) is 0 Å². The topological polar surface area (TPSA) is 79.3 Å². The maximum atomic E-state index is 10.1. The summed E-state index contributed by atoms with van der Waals surface area (Å²) in [5.74, 6) is 0.289. The Morgan fingerprint density at radius 3 is 2.95 bits per heavy atom. The minimum absolute atomic E-state index is 0.0715. The van der Waals surface area contributed by atoms with Gasteiger partial charge in [-0.3, -0.25) is 0 Å². The van der Waals surface area contributed by atoms with E-state index in [1.165, 1.54) is 0 Å². The van der Waals surface area contributed by atoms with Crippen LogP contribution in [0.5, 0.6) is 0 Å². The van der Waals surface area contributed by atoms with Crippen molar-refractivity contribution in [1.82, 2.24) is 0 Å². The molecule has 108 valence electrons. The summed E-state index contributed by atoms with van der Waals surface area (Å²) in [5.41, 5.74) is 8.09. The summed E-state index contributed by atoms with van der Waals surface area (Å²) in [5, 5.41) is 20.2. The van der Waals surface area contributed by atoms with Crippen LogP contribution >= 0.6 is 11.6 Å². The van der Waals surface area contributed by atoms with Crippen LogP contribution in [0.3, 0.4) is 0 Å². The van der Waals surface area contributed by atoms with Gasteiger partial charge < -0.3 is 15.6 Å². The molecule has 21 heavy (non-hydrogen) atoms. The lowest BCUT2D eigenvalue weighted by atomic mass is 9.78. The van der Waals surface area contributed by atoms with Crippen LogP contribution < -0.4 is 5.73 Å². The van der Waals surface area contributed by atoms with Gasteiger partial charge in [0, 0.05) is 10.9 Å². The van der Waals surface area contributed by atoms with Crippen molar-refractivity contribution in [3.05, 3.63) is 57.6 Å². The van der Waals surface area contributed by atoms with Gasteiger partial charge in [-0.1, -0.05) is 23.7 Å². The lowest BCUT2D eigenvalue weighted by molar-refractivity contribution is 0.105. The first-order valence-electron chi connectivity index (χ1n) is 6.86. The van der Waals surface area contributed by atoms with Crippen molar-refractivity contribution in [2.75, 3.05) is 0 Å². The zero-order chi connectivity index (χ0) is 15.0. The average Bonchev–Trinajstić information content (AvgIpc) is 2.47. The molecule has 0 saturated carbocycles. The smallest absolute Gasteiger partial charge is 0.205 e. The van der Waals surface area contributed by atoms with E-state index in [-0.39, 0.29) is 11.8 Å². The number of hydrogen-bond acceptors (Lipinski definition) is 4. The number of hydrogen-bond donors (Lipinski definition) is 2. The molecule has 1 heterocycles. The van der Waals surface area contributed by atoms with Crippen LogP contribution in [0.25, 0.3) is 0 Å². The van der Waals surface area contributed by atoms with Gasteiger partial charge in [0.1, 0.15) is 23.5 Å². The molecule has 3 N–H and O–H groups in total. The highest BCUT2D eigenvalue weighted by molar-refractivity contribution is 6.30. The quantitative estimate of drug-likeness (QED) is 0.836. The third kappa shape index (κ3) is 2.39. The van der Waals surface area contributed by atoms with Gasteiger partial charge in [0.2, 0.25) is 5.88 Å². The number of halogens is 1.